The van der Waals surface area contributed by atoms with Crippen LogP contribution in [0, 0.1) is 6.92 Å². The topological polar surface area (TPSA) is 43.8 Å². The van der Waals surface area contributed by atoms with Crippen LogP contribution < -0.4 is 5.73 Å². The highest BCUT2D eigenvalue weighted by atomic mass is 35.5. The van der Waals surface area contributed by atoms with Crippen molar-refractivity contribution in [1.29, 1.82) is 0 Å². The first-order valence-electron chi connectivity index (χ1n) is 5.20. The van der Waals surface area contributed by atoms with Gasteiger partial charge in [-0.25, -0.2) is 0 Å². The Kier molecular flexibility index (Phi) is 3.27. The highest BCUT2D eigenvalue weighted by Gasteiger charge is 2.04. The van der Waals surface area contributed by atoms with E-state index >= 15 is 0 Å². The van der Waals surface area contributed by atoms with Crippen LogP contribution in [0.1, 0.15) is 5.56 Å². The van der Waals surface area contributed by atoms with E-state index in [2.05, 4.69) is 5.10 Å². The van der Waals surface area contributed by atoms with Gasteiger partial charge in [-0.3, -0.25) is 4.68 Å². The third-order valence-corrected chi connectivity index (χ3v) is 2.73. The zero-order chi connectivity index (χ0) is 11.5. The molecule has 0 aliphatic rings. The lowest BCUT2D eigenvalue weighted by Crippen LogP contribution is -2.09. The number of nitrogens with two attached hydrogens (primary N) is 1. The fourth-order valence-electron chi connectivity index (χ4n) is 1.71. The van der Waals surface area contributed by atoms with E-state index in [1.54, 1.807) is 0 Å². The van der Waals surface area contributed by atoms with Gasteiger partial charge in [-0.1, -0.05) is 17.7 Å². The molecule has 0 atom stereocenters. The second-order valence-corrected chi connectivity index (χ2v) is 4.18. The quantitative estimate of drug-likeness (QED) is 0.888. The lowest BCUT2D eigenvalue weighted by atomic mass is 10.0. The average molecular weight is 236 g/mol. The molecular weight excluding hydrogens is 222 g/mol. The Labute approximate surface area is 99.8 Å². The molecule has 0 unspecified atom stereocenters. The summed E-state index contributed by atoms with van der Waals surface area (Å²) in [7, 11) is 0. The second kappa shape index (κ2) is 4.68. The van der Waals surface area contributed by atoms with E-state index in [0.29, 0.717) is 6.54 Å². The summed E-state index contributed by atoms with van der Waals surface area (Å²) >= 11 is 5.92. The van der Waals surface area contributed by atoms with Crippen LogP contribution in [0.15, 0.2) is 30.6 Å². The Morgan fingerprint density at radius 2 is 2.25 bits per heavy atom. The lowest BCUT2D eigenvalue weighted by Gasteiger charge is -2.03. The lowest BCUT2D eigenvalue weighted by molar-refractivity contribution is 0.625. The number of nitrogens with zero attached hydrogens (tertiary/aromatic N) is 2. The van der Waals surface area contributed by atoms with E-state index in [4.69, 9.17) is 17.3 Å². The minimum absolute atomic E-state index is 0.598. The highest BCUT2D eigenvalue weighted by molar-refractivity contribution is 6.30. The van der Waals surface area contributed by atoms with E-state index in [1.165, 1.54) is 0 Å². The summed E-state index contributed by atoms with van der Waals surface area (Å²) in [4.78, 5) is 0. The van der Waals surface area contributed by atoms with Gasteiger partial charge in [-0.2, -0.15) is 5.10 Å². The van der Waals surface area contributed by atoms with Crippen molar-refractivity contribution >= 4 is 11.6 Å². The molecule has 0 aliphatic carbocycles. The maximum Gasteiger partial charge on any atom is 0.0568 e. The molecule has 16 heavy (non-hydrogen) atoms. The Balaban J connectivity index is 2.35. The summed E-state index contributed by atoms with van der Waals surface area (Å²) in [5.41, 5.74) is 8.89. The Morgan fingerprint density at radius 1 is 1.44 bits per heavy atom. The molecule has 1 aromatic carbocycles. The summed E-state index contributed by atoms with van der Waals surface area (Å²) in [6.07, 6.45) is 3.86. The van der Waals surface area contributed by atoms with Gasteiger partial charge >= 0.3 is 0 Å². The molecule has 2 rings (SSSR count). The van der Waals surface area contributed by atoms with Crippen molar-refractivity contribution in [2.45, 2.75) is 13.5 Å². The smallest absolute Gasteiger partial charge is 0.0568 e. The molecule has 0 amide bonds. The van der Waals surface area contributed by atoms with Crippen molar-refractivity contribution in [2.75, 3.05) is 6.54 Å². The zero-order valence-corrected chi connectivity index (χ0v) is 9.91. The van der Waals surface area contributed by atoms with Gasteiger partial charge in [0.05, 0.1) is 12.7 Å². The molecule has 84 valence electrons. The van der Waals surface area contributed by atoms with Crippen LogP contribution in [0.3, 0.4) is 0 Å². The first kappa shape index (κ1) is 11.2. The summed E-state index contributed by atoms with van der Waals surface area (Å²) in [6.45, 7) is 3.38. The molecule has 1 aromatic heterocycles. The predicted octanol–water partition coefficient (Wildman–Crippen LogP) is 2.47. The molecule has 1 heterocycles. The SMILES string of the molecule is Cc1cc(Cl)ccc1-c1cnn(CCN)c1. The van der Waals surface area contributed by atoms with Gasteiger partial charge in [0.1, 0.15) is 0 Å². The van der Waals surface area contributed by atoms with Crippen LogP contribution in [0.4, 0.5) is 0 Å². The van der Waals surface area contributed by atoms with Crippen molar-refractivity contribution in [1.82, 2.24) is 9.78 Å². The van der Waals surface area contributed by atoms with E-state index in [-0.39, 0.29) is 0 Å². The van der Waals surface area contributed by atoms with Crippen LogP contribution in [-0.4, -0.2) is 16.3 Å². The summed E-state index contributed by atoms with van der Waals surface area (Å²) in [5, 5.41) is 5.01. The first-order chi connectivity index (χ1) is 7.70. The molecule has 3 nitrogen and oxygen atoms in total. The van der Waals surface area contributed by atoms with Crippen LogP contribution in [0.25, 0.3) is 11.1 Å². The third kappa shape index (κ3) is 2.26. The summed E-state index contributed by atoms with van der Waals surface area (Å²) in [5.74, 6) is 0. The van der Waals surface area contributed by atoms with Gasteiger partial charge in [0.15, 0.2) is 0 Å². The number of halogens is 1. The molecule has 0 radical (unpaired) electrons. The maximum atomic E-state index is 5.92. The normalized spacial score (nSPS) is 10.7. The van der Waals surface area contributed by atoms with E-state index in [1.807, 2.05) is 42.2 Å². The average Bonchev–Trinajstić information content (AvgIpc) is 2.67. The van der Waals surface area contributed by atoms with Crippen molar-refractivity contribution in [3.8, 4) is 11.1 Å². The van der Waals surface area contributed by atoms with Crippen molar-refractivity contribution in [3.63, 3.8) is 0 Å². The Hall–Kier alpha value is -1.32. The van der Waals surface area contributed by atoms with Gasteiger partial charge in [0, 0.05) is 23.3 Å². The number of benzene rings is 1. The van der Waals surface area contributed by atoms with Crippen LogP contribution >= 0.6 is 11.6 Å². The number of hydrogen-bond donors (Lipinski definition) is 1. The molecule has 0 fully saturated rings. The largest absolute Gasteiger partial charge is 0.329 e. The standard InChI is InChI=1S/C12H14ClN3/c1-9-6-11(13)2-3-12(9)10-7-15-16(8-10)5-4-14/h2-3,6-8H,4-5,14H2,1H3. The molecule has 0 aliphatic heterocycles. The molecule has 4 heteroatoms. The fourth-order valence-corrected chi connectivity index (χ4v) is 1.93. The minimum atomic E-state index is 0.598. The minimum Gasteiger partial charge on any atom is -0.329 e. The van der Waals surface area contributed by atoms with Crippen LogP contribution in [0.5, 0.6) is 0 Å². The fraction of sp³-hybridized carbons (Fsp3) is 0.250. The van der Waals surface area contributed by atoms with E-state index < -0.39 is 0 Å². The molecule has 0 bridgehead atoms. The number of rotatable bonds is 3. The van der Waals surface area contributed by atoms with Gasteiger partial charge in [-0.05, 0) is 30.2 Å². The van der Waals surface area contributed by atoms with Gasteiger partial charge in [-0.15, -0.1) is 0 Å². The maximum absolute atomic E-state index is 5.92. The van der Waals surface area contributed by atoms with E-state index in [0.717, 1.165) is 28.3 Å². The summed E-state index contributed by atoms with van der Waals surface area (Å²) < 4.78 is 1.85. The van der Waals surface area contributed by atoms with Crippen molar-refractivity contribution < 1.29 is 0 Å². The Morgan fingerprint density at radius 3 is 2.94 bits per heavy atom. The molecule has 2 aromatic rings. The first-order valence-corrected chi connectivity index (χ1v) is 5.57. The summed E-state index contributed by atoms with van der Waals surface area (Å²) in [6, 6.07) is 5.86. The second-order valence-electron chi connectivity index (χ2n) is 3.74. The van der Waals surface area contributed by atoms with Crippen molar-refractivity contribution in [2.24, 2.45) is 5.73 Å². The Bertz CT molecular complexity index is 491. The number of aryl methyl sites for hydroxylation is 1. The van der Waals surface area contributed by atoms with Crippen molar-refractivity contribution in [3.05, 3.63) is 41.2 Å². The zero-order valence-electron chi connectivity index (χ0n) is 9.15. The highest BCUT2D eigenvalue weighted by Crippen LogP contribution is 2.25. The number of aromatic nitrogens is 2. The molecule has 0 spiro atoms. The van der Waals surface area contributed by atoms with E-state index in [9.17, 15) is 0 Å². The molecule has 2 N–H and O–H groups in total. The van der Waals surface area contributed by atoms with Gasteiger partial charge in [0.25, 0.3) is 0 Å². The van der Waals surface area contributed by atoms with Gasteiger partial charge < -0.3 is 5.73 Å². The van der Waals surface area contributed by atoms with Gasteiger partial charge in [0.2, 0.25) is 0 Å². The number of hydrogen-bond acceptors (Lipinski definition) is 2. The predicted molar refractivity (Wildman–Crippen MR) is 66.5 cm³/mol. The third-order valence-electron chi connectivity index (χ3n) is 2.49. The van der Waals surface area contributed by atoms with Crippen LogP contribution in [0.2, 0.25) is 5.02 Å². The molecular formula is C12H14ClN3. The molecule has 0 saturated carbocycles. The molecule has 0 saturated heterocycles. The van der Waals surface area contributed by atoms with Crippen LogP contribution in [-0.2, 0) is 6.54 Å². The monoisotopic (exact) mass is 235 g/mol.